The fourth-order valence-electron chi connectivity index (χ4n) is 1.92. The molecule has 2 aromatic rings. The van der Waals surface area contributed by atoms with E-state index in [-0.39, 0.29) is 11.6 Å². The third kappa shape index (κ3) is 2.13. The summed E-state index contributed by atoms with van der Waals surface area (Å²) in [4.78, 5) is 12.1. The fraction of sp³-hybridized carbons (Fsp3) is 0.231. The van der Waals surface area contributed by atoms with Crippen LogP contribution < -0.4 is 20.5 Å². The monoisotopic (exact) mass is 274 g/mol. The van der Waals surface area contributed by atoms with Gasteiger partial charge in [0.15, 0.2) is 17.2 Å². The van der Waals surface area contributed by atoms with E-state index in [1.165, 1.54) is 0 Å². The van der Waals surface area contributed by atoms with Crippen molar-refractivity contribution in [2.24, 2.45) is 0 Å². The predicted octanol–water partition coefficient (Wildman–Crippen LogP) is 1.32. The number of aryl methyl sites for hydroxylation is 1. The van der Waals surface area contributed by atoms with Crippen LogP contribution in [0.4, 0.5) is 11.4 Å². The maximum absolute atomic E-state index is 12.1. The molecular formula is C13H14N4O3. The second-order valence-electron chi connectivity index (χ2n) is 4.42. The minimum Gasteiger partial charge on any atom is -0.486 e. The Morgan fingerprint density at radius 3 is 2.80 bits per heavy atom. The molecule has 7 heteroatoms. The average molecular weight is 274 g/mol. The fourth-order valence-corrected chi connectivity index (χ4v) is 1.92. The van der Waals surface area contributed by atoms with Gasteiger partial charge in [-0.1, -0.05) is 0 Å². The maximum Gasteiger partial charge on any atom is 0.278 e. The minimum atomic E-state index is -0.372. The van der Waals surface area contributed by atoms with Crippen LogP contribution in [0.5, 0.6) is 11.5 Å². The number of hydrogen-bond acceptors (Lipinski definition) is 5. The molecule has 104 valence electrons. The van der Waals surface area contributed by atoms with Crippen LogP contribution in [-0.2, 0) is 0 Å². The molecule has 1 aliphatic rings. The Kier molecular flexibility index (Phi) is 2.94. The number of ether oxygens (including phenoxy) is 2. The summed E-state index contributed by atoms with van der Waals surface area (Å²) >= 11 is 0. The Hall–Kier alpha value is -2.70. The van der Waals surface area contributed by atoms with Crippen LogP contribution in [-0.4, -0.2) is 29.3 Å². The van der Waals surface area contributed by atoms with Gasteiger partial charge in [-0.05, 0) is 19.1 Å². The zero-order chi connectivity index (χ0) is 14.1. The number of nitrogen functional groups attached to an aromatic ring is 1. The van der Waals surface area contributed by atoms with Crippen LogP contribution in [0.25, 0.3) is 0 Å². The molecule has 0 atom stereocenters. The molecule has 1 aromatic heterocycles. The first kappa shape index (κ1) is 12.3. The van der Waals surface area contributed by atoms with Crippen molar-refractivity contribution < 1.29 is 14.3 Å². The van der Waals surface area contributed by atoms with Gasteiger partial charge in [0.2, 0.25) is 0 Å². The van der Waals surface area contributed by atoms with Gasteiger partial charge in [-0.2, -0.15) is 5.10 Å². The van der Waals surface area contributed by atoms with E-state index >= 15 is 0 Å². The van der Waals surface area contributed by atoms with Crippen molar-refractivity contribution in [2.45, 2.75) is 6.92 Å². The normalized spacial score (nSPS) is 13.1. The van der Waals surface area contributed by atoms with E-state index in [9.17, 15) is 4.79 Å². The second kappa shape index (κ2) is 4.76. The third-order valence-corrected chi connectivity index (χ3v) is 3.01. The molecule has 7 nitrogen and oxygen atoms in total. The smallest absolute Gasteiger partial charge is 0.278 e. The third-order valence-electron chi connectivity index (χ3n) is 3.01. The number of aromatic nitrogens is 2. The van der Waals surface area contributed by atoms with E-state index in [0.717, 1.165) is 0 Å². The van der Waals surface area contributed by atoms with Crippen LogP contribution in [0.15, 0.2) is 18.2 Å². The molecule has 0 spiro atoms. The quantitative estimate of drug-likeness (QED) is 0.766. The molecule has 20 heavy (non-hydrogen) atoms. The lowest BCUT2D eigenvalue weighted by Gasteiger charge is -2.18. The van der Waals surface area contributed by atoms with Gasteiger partial charge in [0, 0.05) is 11.8 Å². The van der Waals surface area contributed by atoms with Crippen LogP contribution in [0.1, 0.15) is 16.2 Å². The second-order valence-corrected chi connectivity index (χ2v) is 4.42. The number of nitrogens with one attached hydrogen (secondary N) is 2. The Bertz CT molecular complexity index is 666. The molecule has 0 saturated carbocycles. The van der Waals surface area contributed by atoms with Crippen molar-refractivity contribution >= 4 is 17.3 Å². The number of carbonyl (C=O) groups excluding carboxylic acids is 1. The lowest BCUT2D eigenvalue weighted by Crippen LogP contribution is -2.17. The highest BCUT2D eigenvalue weighted by Gasteiger charge is 2.17. The van der Waals surface area contributed by atoms with Crippen molar-refractivity contribution in [2.75, 3.05) is 24.3 Å². The van der Waals surface area contributed by atoms with E-state index in [1.54, 1.807) is 25.1 Å². The number of benzene rings is 1. The Balaban J connectivity index is 1.81. The van der Waals surface area contributed by atoms with Gasteiger partial charge in [0.1, 0.15) is 13.2 Å². The lowest BCUT2D eigenvalue weighted by atomic mass is 10.2. The number of rotatable bonds is 2. The van der Waals surface area contributed by atoms with E-state index in [4.69, 9.17) is 15.2 Å². The number of nitrogens with two attached hydrogens (primary N) is 1. The lowest BCUT2D eigenvalue weighted by molar-refractivity contribution is 0.102. The number of fused-ring (bicyclic) bond motifs is 1. The molecule has 4 N–H and O–H groups in total. The standard InChI is InChI=1S/C13H14N4O3/c1-7-11(14)12(17-16-7)13(18)15-8-2-3-9-10(6-8)20-5-4-19-9/h2-3,6H,4-5,14H2,1H3,(H,15,18)(H,16,17). The van der Waals surface area contributed by atoms with Gasteiger partial charge in [-0.3, -0.25) is 9.89 Å². The number of H-pyrrole nitrogens is 1. The van der Waals surface area contributed by atoms with Gasteiger partial charge in [0.05, 0.1) is 11.4 Å². The van der Waals surface area contributed by atoms with E-state index in [0.29, 0.717) is 41.8 Å². The summed E-state index contributed by atoms with van der Waals surface area (Å²) < 4.78 is 10.9. The summed E-state index contributed by atoms with van der Waals surface area (Å²) in [5.41, 5.74) is 7.55. The van der Waals surface area contributed by atoms with E-state index < -0.39 is 0 Å². The number of carbonyl (C=O) groups is 1. The number of anilines is 2. The molecule has 0 saturated heterocycles. The SMILES string of the molecule is Cc1[nH]nc(C(=O)Nc2ccc3c(c2)OCCO3)c1N. The summed E-state index contributed by atoms with van der Waals surface area (Å²) in [5, 5.41) is 9.28. The van der Waals surface area contributed by atoms with Gasteiger partial charge in [-0.15, -0.1) is 0 Å². The summed E-state index contributed by atoms with van der Waals surface area (Å²) in [6.45, 7) is 2.78. The largest absolute Gasteiger partial charge is 0.486 e. The molecule has 0 unspecified atom stereocenters. The van der Waals surface area contributed by atoms with Crippen molar-refractivity contribution in [3.8, 4) is 11.5 Å². The summed E-state index contributed by atoms with van der Waals surface area (Å²) in [6.07, 6.45) is 0. The average Bonchev–Trinajstić information content (AvgIpc) is 2.79. The highest BCUT2D eigenvalue weighted by molar-refractivity contribution is 6.06. The first-order valence-electron chi connectivity index (χ1n) is 6.16. The molecule has 1 aromatic carbocycles. The summed E-state index contributed by atoms with van der Waals surface area (Å²) in [6, 6.07) is 5.20. The molecule has 0 aliphatic carbocycles. The molecular weight excluding hydrogens is 260 g/mol. The van der Waals surface area contributed by atoms with Crippen LogP contribution in [0.3, 0.4) is 0 Å². The Labute approximate surface area is 115 Å². The van der Waals surface area contributed by atoms with Crippen molar-refractivity contribution in [3.63, 3.8) is 0 Å². The zero-order valence-electron chi connectivity index (χ0n) is 10.9. The van der Waals surface area contributed by atoms with E-state index in [1.807, 2.05) is 0 Å². The molecule has 0 bridgehead atoms. The zero-order valence-corrected chi connectivity index (χ0v) is 10.9. The number of aromatic amines is 1. The van der Waals surface area contributed by atoms with Gasteiger partial charge in [0.25, 0.3) is 5.91 Å². The summed E-state index contributed by atoms with van der Waals surface area (Å²) in [5.74, 6) is 0.910. The number of hydrogen-bond donors (Lipinski definition) is 3. The Morgan fingerprint density at radius 1 is 1.35 bits per heavy atom. The highest BCUT2D eigenvalue weighted by Crippen LogP contribution is 2.32. The molecule has 1 amide bonds. The Morgan fingerprint density at radius 2 is 2.10 bits per heavy atom. The summed E-state index contributed by atoms with van der Waals surface area (Å²) in [7, 11) is 0. The topological polar surface area (TPSA) is 102 Å². The first-order valence-corrected chi connectivity index (χ1v) is 6.16. The van der Waals surface area contributed by atoms with Gasteiger partial charge < -0.3 is 20.5 Å². The predicted molar refractivity (Wildman–Crippen MR) is 73.1 cm³/mol. The molecule has 0 fully saturated rings. The van der Waals surface area contributed by atoms with Gasteiger partial charge in [-0.25, -0.2) is 0 Å². The van der Waals surface area contributed by atoms with Crippen LogP contribution >= 0.6 is 0 Å². The molecule has 1 aliphatic heterocycles. The van der Waals surface area contributed by atoms with Crippen LogP contribution in [0, 0.1) is 6.92 Å². The molecule has 2 heterocycles. The molecule has 3 rings (SSSR count). The maximum atomic E-state index is 12.1. The molecule has 0 radical (unpaired) electrons. The van der Waals surface area contributed by atoms with E-state index in [2.05, 4.69) is 15.5 Å². The van der Waals surface area contributed by atoms with Crippen molar-refractivity contribution in [1.29, 1.82) is 0 Å². The van der Waals surface area contributed by atoms with Crippen molar-refractivity contribution in [3.05, 3.63) is 29.6 Å². The number of nitrogens with zero attached hydrogens (tertiary/aromatic N) is 1. The highest BCUT2D eigenvalue weighted by atomic mass is 16.6. The first-order chi connectivity index (χ1) is 9.65. The minimum absolute atomic E-state index is 0.178. The number of amides is 1. The van der Waals surface area contributed by atoms with Gasteiger partial charge >= 0.3 is 0 Å². The van der Waals surface area contributed by atoms with Crippen molar-refractivity contribution in [1.82, 2.24) is 10.2 Å². The van der Waals surface area contributed by atoms with Crippen LogP contribution in [0.2, 0.25) is 0 Å².